The number of fused-ring (bicyclic) bond motifs is 1. The molecule has 0 aliphatic carbocycles. The third kappa shape index (κ3) is 1.54. The molecule has 5 heteroatoms. The van der Waals surface area contributed by atoms with Gasteiger partial charge in [0.2, 0.25) is 0 Å². The first-order valence-corrected chi connectivity index (χ1v) is 4.48. The van der Waals surface area contributed by atoms with E-state index in [0.717, 1.165) is 11.3 Å². The fourth-order valence-electron chi connectivity index (χ4n) is 1.27. The number of anilines is 1. The maximum absolute atomic E-state index is 5.78. The normalized spacial score (nSPS) is 10.9. The van der Waals surface area contributed by atoms with E-state index in [2.05, 4.69) is 10.1 Å². The van der Waals surface area contributed by atoms with Crippen LogP contribution in [0.1, 0.15) is 12.6 Å². The summed E-state index contributed by atoms with van der Waals surface area (Å²) < 4.78 is 6.85. The van der Waals surface area contributed by atoms with Crippen molar-refractivity contribution < 1.29 is 4.74 Å². The Balaban J connectivity index is 2.38. The van der Waals surface area contributed by atoms with Crippen molar-refractivity contribution in [1.29, 1.82) is 0 Å². The predicted octanol–water partition coefficient (Wildman–Crippen LogP) is 0.848. The fraction of sp³-hybridized carbons (Fsp3) is 0.333. The van der Waals surface area contributed by atoms with E-state index in [1.165, 1.54) is 0 Å². The molecule has 5 nitrogen and oxygen atoms in total. The van der Waals surface area contributed by atoms with Crippen LogP contribution in [0, 0.1) is 0 Å². The van der Waals surface area contributed by atoms with Gasteiger partial charge < -0.3 is 10.5 Å². The maximum atomic E-state index is 5.78. The quantitative estimate of drug-likeness (QED) is 0.782. The van der Waals surface area contributed by atoms with Gasteiger partial charge in [0.05, 0.1) is 18.5 Å². The topological polar surface area (TPSA) is 65.4 Å². The summed E-state index contributed by atoms with van der Waals surface area (Å²) in [6.45, 7) is 3.11. The van der Waals surface area contributed by atoms with Crippen molar-refractivity contribution in [3.63, 3.8) is 0 Å². The Morgan fingerprint density at radius 1 is 1.57 bits per heavy atom. The second-order valence-corrected chi connectivity index (χ2v) is 2.91. The highest BCUT2D eigenvalue weighted by Crippen LogP contribution is 2.09. The predicted molar refractivity (Wildman–Crippen MR) is 52.7 cm³/mol. The van der Waals surface area contributed by atoms with Crippen molar-refractivity contribution >= 4 is 11.5 Å². The van der Waals surface area contributed by atoms with Gasteiger partial charge >= 0.3 is 0 Å². The molecular weight excluding hydrogens is 180 g/mol. The van der Waals surface area contributed by atoms with Crippen LogP contribution < -0.4 is 5.73 Å². The Hall–Kier alpha value is -1.62. The van der Waals surface area contributed by atoms with E-state index in [-0.39, 0.29) is 0 Å². The molecule has 2 aromatic rings. The summed E-state index contributed by atoms with van der Waals surface area (Å²) in [5, 5.41) is 4.03. The number of hydrogen-bond donors (Lipinski definition) is 1. The van der Waals surface area contributed by atoms with Crippen LogP contribution in [0.2, 0.25) is 0 Å². The summed E-state index contributed by atoms with van der Waals surface area (Å²) in [5.41, 5.74) is 7.36. The summed E-state index contributed by atoms with van der Waals surface area (Å²) >= 11 is 0. The van der Waals surface area contributed by atoms with E-state index in [0.29, 0.717) is 19.0 Å². The molecule has 14 heavy (non-hydrogen) atoms. The largest absolute Gasteiger partial charge is 0.384 e. The molecule has 0 amide bonds. The van der Waals surface area contributed by atoms with Gasteiger partial charge in [0.25, 0.3) is 0 Å². The smallest absolute Gasteiger partial charge is 0.157 e. The number of aromatic nitrogens is 3. The monoisotopic (exact) mass is 192 g/mol. The van der Waals surface area contributed by atoms with Gasteiger partial charge in [0.15, 0.2) is 5.65 Å². The minimum atomic E-state index is 0.488. The SMILES string of the molecule is CCOCc1cc(N)n2nccc2n1. The number of nitrogens with zero attached hydrogens (tertiary/aromatic N) is 3. The lowest BCUT2D eigenvalue weighted by Gasteiger charge is -2.03. The molecule has 0 atom stereocenters. The van der Waals surface area contributed by atoms with Gasteiger partial charge in [0, 0.05) is 18.7 Å². The fourth-order valence-corrected chi connectivity index (χ4v) is 1.27. The van der Waals surface area contributed by atoms with Crippen molar-refractivity contribution in [3.8, 4) is 0 Å². The summed E-state index contributed by atoms with van der Waals surface area (Å²) in [5.74, 6) is 0.578. The second-order valence-electron chi connectivity index (χ2n) is 2.91. The summed E-state index contributed by atoms with van der Waals surface area (Å²) in [4.78, 5) is 4.33. The molecule has 0 aromatic carbocycles. The molecular formula is C9H12N4O. The van der Waals surface area contributed by atoms with Gasteiger partial charge in [-0.15, -0.1) is 0 Å². The lowest BCUT2D eigenvalue weighted by molar-refractivity contribution is 0.131. The Morgan fingerprint density at radius 2 is 2.43 bits per heavy atom. The van der Waals surface area contributed by atoms with Crippen LogP contribution in [-0.4, -0.2) is 21.2 Å². The third-order valence-electron chi connectivity index (χ3n) is 1.89. The van der Waals surface area contributed by atoms with Gasteiger partial charge in [0.1, 0.15) is 5.82 Å². The lowest BCUT2D eigenvalue weighted by atomic mass is 10.4. The molecule has 0 aliphatic rings. The highest BCUT2D eigenvalue weighted by atomic mass is 16.5. The van der Waals surface area contributed by atoms with E-state index in [4.69, 9.17) is 10.5 Å². The van der Waals surface area contributed by atoms with E-state index in [1.807, 2.05) is 13.0 Å². The van der Waals surface area contributed by atoms with Crippen LogP contribution in [0.5, 0.6) is 0 Å². The standard InChI is InChI=1S/C9H12N4O/c1-2-14-6-7-5-8(10)13-9(12-7)3-4-11-13/h3-5H,2,6,10H2,1H3. The molecule has 74 valence electrons. The molecule has 0 unspecified atom stereocenters. The number of nitrogens with two attached hydrogens (primary N) is 1. The minimum absolute atomic E-state index is 0.488. The minimum Gasteiger partial charge on any atom is -0.384 e. The molecule has 0 saturated carbocycles. The molecule has 2 rings (SSSR count). The zero-order valence-corrected chi connectivity index (χ0v) is 7.97. The van der Waals surface area contributed by atoms with E-state index in [9.17, 15) is 0 Å². The van der Waals surface area contributed by atoms with Crippen LogP contribution in [-0.2, 0) is 11.3 Å². The first-order chi connectivity index (χ1) is 6.81. The van der Waals surface area contributed by atoms with Crippen LogP contribution in [0.3, 0.4) is 0 Å². The van der Waals surface area contributed by atoms with E-state index < -0.39 is 0 Å². The van der Waals surface area contributed by atoms with Crippen LogP contribution in [0.15, 0.2) is 18.3 Å². The summed E-state index contributed by atoms with van der Waals surface area (Å²) in [7, 11) is 0. The Bertz CT molecular complexity index is 437. The summed E-state index contributed by atoms with van der Waals surface area (Å²) in [6, 6.07) is 3.58. The first kappa shape index (κ1) is 8.96. The average molecular weight is 192 g/mol. The Labute approximate surface area is 81.5 Å². The van der Waals surface area contributed by atoms with Crippen LogP contribution >= 0.6 is 0 Å². The summed E-state index contributed by atoms with van der Waals surface area (Å²) in [6.07, 6.45) is 1.67. The third-order valence-corrected chi connectivity index (χ3v) is 1.89. The highest BCUT2D eigenvalue weighted by Gasteiger charge is 2.02. The lowest BCUT2D eigenvalue weighted by Crippen LogP contribution is -2.04. The number of nitrogen functional groups attached to an aromatic ring is 1. The maximum Gasteiger partial charge on any atom is 0.157 e. The van der Waals surface area contributed by atoms with Crippen molar-refractivity contribution in [3.05, 3.63) is 24.0 Å². The average Bonchev–Trinajstić information content (AvgIpc) is 2.63. The molecule has 2 N–H and O–H groups in total. The first-order valence-electron chi connectivity index (χ1n) is 4.48. The van der Waals surface area contributed by atoms with Crippen molar-refractivity contribution in [2.75, 3.05) is 12.3 Å². The Morgan fingerprint density at radius 3 is 3.21 bits per heavy atom. The van der Waals surface area contributed by atoms with Crippen molar-refractivity contribution in [2.45, 2.75) is 13.5 Å². The molecule has 0 saturated heterocycles. The van der Waals surface area contributed by atoms with Crippen molar-refractivity contribution in [2.24, 2.45) is 0 Å². The van der Waals surface area contributed by atoms with Gasteiger partial charge in [-0.25, -0.2) is 4.98 Å². The van der Waals surface area contributed by atoms with Crippen LogP contribution in [0.25, 0.3) is 5.65 Å². The van der Waals surface area contributed by atoms with Gasteiger partial charge in [-0.2, -0.15) is 9.61 Å². The Kier molecular flexibility index (Phi) is 2.32. The molecule has 0 radical (unpaired) electrons. The molecule has 0 aliphatic heterocycles. The molecule has 2 aromatic heterocycles. The molecule has 0 bridgehead atoms. The molecule has 0 fully saturated rings. The zero-order chi connectivity index (χ0) is 9.97. The molecule has 2 heterocycles. The second kappa shape index (κ2) is 3.63. The van der Waals surface area contributed by atoms with E-state index >= 15 is 0 Å². The highest BCUT2D eigenvalue weighted by molar-refractivity contribution is 5.46. The number of ether oxygens (including phenoxy) is 1. The van der Waals surface area contributed by atoms with Gasteiger partial charge in [-0.1, -0.05) is 0 Å². The zero-order valence-electron chi connectivity index (χ0n) is 7.97. The van der Waals surface area contributed by atoms with Gasteiger partial charge in [-0.05, 0) is 6.92 Å². The van der Waals surface area contributed by atoms with Crippen molar-refractivity contribution in [1.82, 2.24) is 14.6 Å². The van der Waals surface area contributed by atoms with E-state index in [1.54, 1.807) is 16.8 Å². The van der Waals surface area contributed by atoms with Gasteiger partial charge in [-0.3, -0.25) is 0 Å². The number of rotatable bonds is 3. The number of hydrogen-bond acceptors (Lipinski definition) is 4. The molecule has 0 spiro atoms. The van der Waals surface area contributed by atoms with Crippen LogP contribution in [0.4, 0.5) is 5.82 Å².